The molecule has 4 heteroatoms. The van der Waals surface area contributed by atoms with Crippen molar-refractivity contribution in [1.82, 2.24) is 0 Å². The molecule has 0 aliphatic rings. The van der Waals surface area contributed by atoms with E-state index in [9.17, 15) is 9.18 Å². The second kappa shape index (κ2) is 7.41. The van der Waals surface area contributed by atoms with Crippen LogP contribution in [-0.4, -0.2) is 5.91 Å². The highest BCUT2D eigenvalue weighted by molar-refractivity contribution is 6.33. The molecule has 2 rings (SSSR count). The molecular weight excluding hydrogens is 301 g/mol. The van der Waals surface area contributed by atoms with Crippen LogP contribution in [0.2, 0.25) is 5.02 Å². The smallest absolute Gasteiger partial charge is 0.232 e. The van der Waals surface area contributed by atoms with Crippen molar-refractivity contribution in [2.75, 3.05) is 5.32 Å². The topological polar surface area (TPSA) is 29.1 Å². The fourth-order valence-corrected chi connectivity index (χ4v) is 2.65. The van der Waals surface area contributed by atoms with Crippen LogP contribution in [0, 0.1) is 11.7 Å². The van der Waals surface area contributed by atoms with Crippen molar-refractivity contribution in [1.29, 1.82) is 0 Å². The first-order valence-electron chi connectivity index (χ1n) is 7.33. The first-order chi connectivity index (χ1) is 10.5. The molecule has 0 saturated carbocycles. The number of benzene rings is 2. The Bertz CT molecular complexity index is 645. The Morgan fingerprint density at radius 2 is 1.91 bits per heavy atom. The number of hydrogen-bond donors (Lipinski definition) is 1. The van der Waals surface area contributed by atoms with Crippen LogP contribution < -0.4 is 5.32 Å². The molecule has 0 aromatic heterocycles. The number of nitrogens with one attached hydrogen (secondary N) is 1. The highest BCUT2D eigenvalue weighted by Gasteiger charge is 2.26. The molecule has 0 saturated heterocycles. The molecule has 2 nitrogen and oxygen atoms in total. The maximum Gasteiger partial charge on any atom is 0.232 e. The Hall–Kier alpha value is -1.87. The van der Waals surface area contributed by atoms with Gasteiger partial charge in [-0.2, -0.15) is 0 Å². The minimum atomic E-state index is -0.426. The van der Waals surface area contributed by atoms with Crippen LogP contribution in [0.15, 0.2) is 48.5 Å². The summed E-state index contributed by atoms with van der Waals surface area (Å²) in [6.45, 7) is 4.10. The van der Waals surface area contributed by atoms with E-state index < -0.39 is 5.82 Å². The van der Waals surface area contributed by atoms with E-state index in [1.165, 1.54) is 18.2 Å². The molecule has 2 aromatic carbocycles. The van der Waals surface area contributed by atoms with Crippen molar-refractivity contribution >= 4 is 23.2 Å². The quantitative estimate of drug-likeness (QED) is 0.801. The van der Waals surface area contributed by atoms with Gasteiger partial charge in [0.05, 0.1) is 16.6 Å². The summed E-state index contributed by atoms with van der Waals surface area (Å²) in [6.07, 6.45) is 0.879. The molecule has 22 heavy (non-hydrogen) atoms. The van der Waals surface area contributed by atoms with Crippen molar-refractivity contribution in [3.8, 4) is 0 Å². The molecule has 116 valence electrons. The SMILES string of the molecule is CC[C@H](C)[C@H](C(=O)Nc1ccc(F)cc1Cl)c1ccccc1. The van der Waals surface area contributed by atoms with Gasteiger partial charge in [0.15, 0.2) is 0 Å². The van der Waals surface area contributed by atoms with Gasteiger partial charge in [0.1, 0.15) is 5.82 Å². The Morgan fingerprint density at radius 3 is 2.50 bits per heavy atom. The summed E-state index contributed by atoms with van der Waals surface area (Å²) in [5.41, 5.74) is 1.39. The minimum absolute atomic E-state index is 0.131. The number of carbonyl (C=O) groups excluding carboxylic acids is 1. The van der Waals surface area contributed by atoms with Crippen molar-refractivity contribution in [3.63, 3.8) is 0 Å². The Morgan fingerprint density at radius 1 is 1.23 bits per heavy atom. The van der Waals surface area contributed by atoms with Gasteiger partial charge in [0, 0.05) is 0 Å². The van der Waals surface area contributed by atoms with Gasteiger partial charge in [-0.3, -0.25) is 4.79 Å². The lowest BCUT2D eigenvalue weighted by Gasteiger charge is -2.23. The van der Waals surface area contributed by atoms with E-state index in [1.807, 2.05) is 37.3 Å². The average molecular weight is 320 g/mol. The van der Waals surface area contributed by atoms with Gasteiger partial charge in [-0.1, -0.05) is 62.2 Å². The van der Waals surface area contributed by atoms with Gasteiger partial charge in [-0.05, 0) is 29.7 Å². The van der Waals surface area contributed by atoms with E-state index >= 15 is 0 Å². The summed E-state index contributed by atoms with van der Waals surface area (Å²) in [7, 11) is 0. The van der Waals surface area contributed by atoms with Crippen LogP contribution >= 0.6 is 11.6 Å². The molecule has 0 aliphatic carbocycles. The zero-order valence-electron chi connectivity index (χ0n) is 12.6. The van der Waals surface area contributed by atoms with Crippen molar-refractivity contribution in [2.45, 2.75) is 26.2 Å². The highest BCUT2D eigenvalue weighted by atomic mass is 35.5. The molecule has 0 aliphatic heterocycles. The second-order valence-electron chi connectivity index (χ2n) is 5.39. The fraction of sp³-hybridized carbons (Fsp3) is 0.278. The predicted molar refractivity (Wildman–Crippen MR) is 88.7 cm³/mol. The van der Waals surface area contributed by atoms with Gasteiger partial charge in [0.25, 0.3) is 0 Å². The molecule has 2 atom stereocenters. The average Bonchev–Trinajstić information content (AvgIpc) is 2.51. The molecule has 1 N–H and O–H groups in total. The molecule has 0 unspecified atom stereocenters. The lowest BCUT2D eigenvalue weighted by molar-refractivity contribution is -0.118. The molecule has 0 spiro atoms. The first kappa shape index (κ1) is 16.5. The largest absolute Gasteiger partial charge is 0.324 e. The van der Waals surface area contributed by atoms with E-state index in [2.05, 4.69) is 12.2 Å². The number of hydrogen-bond acceptors (Lipinski definition) is 1. The minimum Gasteiger partial charge on any atom is -0.324 e. The zero-order valence-corrected chi connectivity index (χ0v) is 13.4. The van der Waals surface area contributed by atoms with Crippen LogP contribution in [0.4, 0.5) is 10.1 Å². The summed E-state index contributed by atoms with van der Waals surface area (Å²) in [5.74, 6) is -0.646. The van der Waals surface area contributed by atoms with Crippen molar-refractivity contribution in [3.05, 3.63) is 64.9 Å². The maximum absolute atomic E-state index is 13.1. The molecule has 0 fully saturated rings. The summed E-state index contributed by atoms with van der Waals surface area (Å²) in [5, 5.41) is 3.01. The van der Waals surface area contributed by atoms with Crippen LogP contribution in [0.25, 0.3) is 0 Å². The Kier molecular flexibility index (Phi) is 5.56. The van der Waals surface area contributed by atoms with Crippen LogP contribution in [-0.2, 0) is 4.79 Å². The Labute approximate surface area is 135 Å². The lowest BCUT2D eigenvalue weighted by atomic mass is 9.85. The summed E-state index contributed by atoms with van der Waals surface area (Å²) in [6, 6.07) is 13.6. The third-order valence-electron chi connectivity index (χ3n) is 3.84. The number of amides is 1. The molecule has 2 aromatic rings. The van der Waals surface area contributed by atoms with Gasteiger partial charge < -0.3 is 5.32 Å². The third-order valence-corrected chi connectivity index (χ3v) is 4.16. The number of anilines is 1. The van der Waals surface area contributed by atoms with Crippen LogP contribution in [0.1, 0.15) is 31.7 Å². The standard InChI is InChI=1S/C18H19ClFNO/c1-3-12(2)17(13-7-5-4-6-8-13)18(22)21-16-10-9-14(20)11-15(16)19/h4-12,17H,3H2,1-2H3,(H,21,22)/t12-,17-/m0/s1. The molecular formula is C18H19ClFNO. The van der Waals surface area contributed by atoms with E-state index in [0.717, 1.165) is 12.0 Å². The molecule has 0 radical (unpaired) electrons. The van der Waals surface area contributed by atoms with Gasteiger partial charge in [-0.15, -0.1) is 0 Å². The van der Waals surface area contributed by atoms with Crippen molar-refractivity contribution in [2.24, 2.45) is 5.92 Å². The first-order valence-corrected chi connectivity index (χ1v) is 7.71. The highest BCUT2D eigenvalue weighted by Crippen LogP contribution is 2.30. The van der Waals surface area contributed by atoms with Gasteiger partial charge >= 0.3 is 0 Å². The monoisotopic (exact) mass is 319 g/mol. The molecule has 0 heterocycles. The fourth-order valence-electron chi connectivity index (χ4n) is 2.44. The summed E-state index contributed by atoms with van der Waals surface area (Å²) in [4.78, 5) is 12.7. The number of carbonyl (C=O) groups is 1. The third kappa shape index (κ3) is 3.86. The van der Waals surface area contributed by atoms with E-state index in [0.29, 0.717) is 5.69 Å². The van der Waals surface area contributed by atoms with Crippen LogP contribution in [0.5, 0.6) is 0 Å². The van der Waals surface area contributed by atoms with Crippen LogP contribution in [0.3, 0.4) is 0 Å². The van der Waals surface area contributed by atoms with Gasteiger partial charge in [-0.25, -0.2) is 4.39 Å². The lowest BCUT2D eigenvalue weighted by Crippen LogP contribution is -2.26. The molecule has 0 bridgehead atoms. The van der Waals surface area contributed by atoms with Gasteiger partial charge in [0.2, 0.25) is 5.91 Å². The van der Waals surface area contributed by atoms with Crippen molar-refractivity contribution < 1.29 is 9.18 Å². The molecule has 1 amide bonds. The van der Waals surface area contributed by atoms with E-state index in [4.69, 9.17) is 11.6 Å². The number of rotatable bonds is 5. The maximum atomic E-state index is 13.1. The second-order valence-corrected chi connectivity index (χ2v) is 5.79. The zero-order chi connectivity index (χ0) is 16.1. The summed E-state index contributed by atoms with van der Waals surface area (Å²) < 4.78 is 13.1. The predicted octanol–water partition coefficient (Wildman–Crippen LogP) is 5.25. The van der Waals surface area contributed by atoms with E-state index in [-0.39, 0.29) is 22.8 Å². The normalized spacial score (nSPS) is 13.5. The number of halogens is 2. The summed E-state index contributed by atoms with van der Waals surface area (Å²) >= 11 is 5.98. The van der Waals surface area contributed by atoms with E-state index in [1.54, 1.807) is 0 Å². The Balaban J connectivity index is 2.26.